The predicted molar refractivity (Wildman–Crippen MR) is 72.1 cm³/mol. The summed E-state index contributed by atoms with van der Waals surface area (Å²) in [6.45, 7) is 4.52. The fraction of sp³-hybridized carbons (Fsp3) is 1.00. The standard InChI is InChI=1S/C15H29NO/c1-3-7-12-8-5-10-15(16-12)11-6-9-14(17)13(15)4-2/h12-14,16-17H,3-11H2,1-2H3. The summed E-state index contributed by atoms with van der Waals surface area (Å²) >= 11 is 0. The molecule has 2 aliphatic rings. The van der Waals surface area contributed by atoms with Crippen molar-refractivity contribution in [1.29, 1.82) is 0 Å². The molecule has 2 N–H and O–H groups in total. The Morgan fingerprint density at radius 2 is 1.88 bits per heavy atom. The van der Waals surface area contributed by atoms with Crippen molar-refractivity contribution in [1.82, 2.24) is 5.32 Å². The van der Waals surface area contributed by atoms with Gasteiger partial charge >= 0.3 is 0 Å². The molecule has 0 aromatic heterocycles. The van der Waals surface area contributed by atoms with Crippen molar-refractivity contribution in [2.24, 2.45) is 5.92 Å². The maximum absolute atomic E-state index is 10.3. The lowest BCUT2D eigenvalue weighted by Gasteiger charge is -2.52. The van der Waals surface area contributed by atoms with Crippen molar-refractivity contribution in [2.75, 3.05) is 0 Å². The number of nitrogens with one attached hydrogen (secondary N) is 1. The summed E-state index contributed by atoms with van der Waals surface area (Å²) in [5.74, 6) is 0.482. The van der Waals surface area contributed by atoms with Gasteiger partial charge in [-0.3, -0.25) is 0 Å². The molecule has 2 nitrogen and oxygen atoms in total. The molecule has 1 saturated heterocycles. The third kappa shape index (κ3) is 2.68. The van der Waals surface area contributed by atoms with Gasteiger partial charge in [0.2, 0.25) is 0 Å². The molecule has 4 unspecified atom stereocenters. The van der Waals surface area contributed by atoms with Gasteiger partial charge in [-0.2, -0.15) is 0 Å². The SMILES string of the molecule is CCCC1CCCC2(CCCC(O)C2CC)N1. The average Bonchev–Trinajstić information content (AvgIpc) is 2.30. The maximum Gasteiger partial charge on any atom is 0.0585 e. The van der Waals surface area contributed by atoms with Gasteiger partial charge in [0, 0.05) is 17.5 Å². The van der Waals surface area contributed by atoms with Crippen LogP contribution >= 0.6 is 0 Å². The second kappa shape index (κ2) is 5.71. The Morgan fingerprint density at radius 1 is 1.18 bits per heavy atom. The van der Waals surface area contributed by atoms with Crippen molar-refractivity contribution in [3.05, 3.63) is 0 Å². The second-order valence-electron chi connectivity index (χ2n) is 6.15. The smallest absolute Gasteiger partial charge is 0.0585 e. The van der Waals surface area contributed by atoms with Crippen molar-refractivity contribution in [3.8, 4) is 0 Å². The van der Waals surface area contributed by atoms with E-state index in [1.165, 1.54) is 44.9 Å². The summed E-state index contributed by atoms with van der Waals surface area (Å²) < 4.78 is 0. The molecule has 2 heteroatoms. The van der Waals surface area contributed by atoms with Crippen LogP contribution in [0.2, 0.25) is 0 Å². The second-order valence-corrected chi connectivity index (χ2v) is 6.15. The first kappa shape index (κ1) is 13.4. The molecule has 1 aliphatic carbocycles. The van der Waals surface area contributed by atoms with Crippen LogP contribution in [0.4, 0.5) is 0 Å². The summed E-state index contributed by atoms with van der Waals surface area (Å²) in [6, 6.07) is 0.702. The van der Waals surface area contributed by atoms with Gasteiger partial charge in [-0.05, 0) is 44.9 Å². The van der Waals surface area contributed by atoms with E-state index in [4.69, 9.17) is 0 Å². The Bertz CT molecular complexity index is 237. The molecule has 0 bridgehead atoms. The highest BCUT2D eigenvalue weighted by atomic mass is 16.3. The normalized spacial score (nSPS) is 42.9. The lowest BCUT2D eigenvalue weighted by Crippen LogP contribution is -2.62. The zero-order valence-electron chi connectivity index (χ0n) is 11.5. The van der Waals surface area contributed by atoms with Gasteiger partial charge in [0.25, 0.3) is 0 Å². The fourth-order valence-electron chi connectivity index (χ4n) is 4.31. The van der Waals surface area contributed by atoms with E-state index in [2.05, 4.69) is 19.2 Å². The molecule has 1 heterocycles. The van der Waals surface area contributed by atoms with Crippen molar-refractivity contribution >= 4 is 0 Å². The first-order chi connectivity index (χ1) is 8.22. The molecule has 100 valence electrons. The average molecular weight is 239 g/mol. The summed E-state index contributed by atoms with van der Waals surface area (Å²) in [5, 5.41) is 14.2. The molecule has 17 heavy (non-hydrogen) atoms. The molecule has 0 aromatic carbocycles. The Labute approximate surface area is 106 Å². The van der Waals surface area contributed by atoms with E-state index in [9.17, 15) is 5.11 Å². The first-order valence-corrected chi connectivity index (χ1v) is 7.67. The Hall–Kier alpha value is -0.0800. The molecule has 0 radical (unpaired) electrons. The van der Waals surface area contributed by atoms with Gasteiger partial charge in [0.05, 0.1) is 6.10 Å². The number of rotatable bonds is 3. The van der Waals surface area contributed by atoms with Crippen LogP contribution in [0.3, 0.4) is 0 Å². The summed E-state index contributed by atoms with van der Waals surface area (Å²) in [4.78, 5) is 0. The van der Waals surface area contributed by atoms with E-state index >= 15 is 0 Å². The van der Waals surface area contributed by atoms with Crippen LogP contribution in [0.25, 0.3) is 0 Å². The molecular formula is C15H29NO. The monoisotopic (exact) mass is 239 g/mol. The summed E-state index contributed by atoms with van der Waals surface area (Å²) in [5.41, 5.74) is 0.268. The van der Waals surface area contributed by atoms with Crippen molar-refractivity contribution < 1.29 is 5.11 Å². The summed E-state index contributed by atoms with van der Waals surface area (Å²) in [6.07, 6.45) is 11.1. The Kier molecular flexibility index (Phi) is 4.48. The lowest BCUT2D eigenvalue weighted by molar-refractivity contribution is -0.0224. The third-order valence-electron chi connectivity index (χ3n) is 5.04. The minimum Gasteiger partial charge on any atom is -0.393 e. The molecule has 1 saturated carbocycles. The van der Waals surface area contributed by atoms with Crippen LogP contribution in [0.1, 0.15) is 71.6 Å². The topological polar surface area (TPSA) is 32.3 Å². The maximum atomic E-state index is 10.3. The van der Waals surface area contributed by atoms with Crippen LogP contribution < -0.4 is 5.32 Å². The Morgan fingerprint density at radius 3 is 2.53 bits per heavy atom. The number of hydrogen-bond donors (Lipinski definition) is 2. The molecule has 1 aliphatic heterocycles. The highest BCUT2D eigenvalue weighted by Gasteiger charge is 2.46. The molecule has 2 rings (SSSR count). The quantitative estimate of drug-likeness (QED) is 0.792. The number of aliphatic hydroxyl groups excluding tert-OH is 1. The Balaban J connectivity index is 2.09. The van der Waals surface area contributed by atoms with E-state index in [0.29, 0.717) is 12.0 Å². The molecule has 0 amide bonds. The van der Waals surface area contributed by atoms with Gasteiger partial charge in [-0.25, -0.2) is 0 Å². The van der Waals surface area contributed by atoms with Gasteiger partial charge < -0.3 is 10.4 Å². The van der Waals surface area contributed by atoms with Gasteiger partial charge in [0.1, 0.15) is 0 Å². The molecule has 4 atom stereocenters. The van der Waals surface area contributed by atoms with E-state index in [0.717, 1.165) is 12.8 Å². The van der Waals surface area contributed by atoms with Crippen LogP contribution in [0.15, 0.2) is 0 Å². The van der Waals surface area contributed by atoms with Crippen LogP contribution in [-0.2, 0) is 0 Å². The van der Waals surface area contributed by atoms with E-state index < -0.39 is 0 Å². The van der Waals surface area contributed by atoms with E-state index in [1.54, 1.807) is 0 Å². The van der Waals surface area contributed by atoms with Crippen molar-refractivity contribution in [2.45, 2.75) is 89.3 Å². The van der Waals surface area contributed by atoms with E-state index in [-0.39, 0.29) is 11.6 Å². The number of piperidine rings is 1. The number of hydrogen-bond acceptors (Lipinski definition) is 2. The zero-order valence-corrected chi connectivity index (χ0v) is 11.5. The first-order valence-electron chi connectivity index (χ1n) is 7.67. The van der Waals surface area contributed by atoms with Gasteiger partial charge in [-0.1, -0.05) is 26.7 Å². The van der Waals surface area contributed by atoms with E-state index in [1.807, 2.05) is 0 Å². The highest BCUT2D eigenvalue weighted by Crippen LogP contribution is 2.42. The third-order valence-corrected chi connectivity index (χ3v) is 5.04. The highest BCUT2D eigenvalue weighted by molar-refractivity contribution is 5.03. The largest absolute Gasteiger partial charge is 0.393 e. The van der Waals surface area contributed by atoms with Gasteiger partial charge in [0.15, 0.2) is 0 Å². The molecular weight excluding hydrogens is 210 g/mol. The molecule has 0 aromatic rings. The summed E-state index contributed by atoms with van der Waals surface area (Å²) in [7, 11) is 0. The predicted octanol–water partition coefficient (Wildman–Crippen LogP) is 3.24. The van der Waals surface area contributed by atoms with Gasteiger partial charge in [-0.15, -0.1) is 0 Å². The minimum absolute atomic E-state index is 0.0679. The van der Waals surface area contributed by atoms with Crippen molar-refractivity contribution in [3.63, 3.8) is 0 Å². The lowest BCUT2D eigenvalue weighted by atomic mass is 9.65. The van der Waals surface area contributed by atoms with Crippen LogP contribution in [-0.4, -0.2) is 22.8 Å². The van der Waals surface area contributed by atoms with Crippen LogP contribution in [0.5, 0.6) is 0 Å². The fourth-order valence-corrected chi connectivity index (χ4v) is 4.31. The molecule has 1 spiro atoms. The number of aliphatic hydroxyl groups is 1. The minimum atomic E-state index is -0.0679. The molecule has 2 fully saturated rings. The van der Waals surface area contributed by atoms with Crippen LogP contribution in [0, 0.1) is 5.92 Å². The zero-order chi connectivity index (χ0) is 12.3.